The highest BCUT2D eigenvalue weighted by molar-refractivity contribution is 7.71. The highest BCUT2D eigenvalue weighted by Gasteiger charge is 2.07. The summed E-state index contributed by atoms with van der Waals surface area (Å²) in [7, 11) is 1.55. The molecule has 0 saturated heterocycles. The van der Waals surface area contributed by atoms with Gasteiger partial charge < -0.3 is 15.0 Å². The van der Waals surface area contributed by atoms with E-state index in [1.54, 1.807) is 25.4 Å². The van der Waals surface area contributed by atoms with Crippen molar-refractivity contribution in [3.8, 4) is 11.5 Å². The third-order valence-corrected chi connectivity index (χ3v) is 3.22. The van der Waals surface area contributed by atoms with Crippen molar-refractivity contribution < 1.29 is 9.53 Å². The number of ether oxygens (including phenoxy) is 1. The molecule has 1 amide bonds. The number of hydrogen-bond acceptors (Lipinski definition) is 5. The van der Waals surface area contributed by atoms with E-state index in [9.17, 15) is 4.79 Å². The number of rotatable bonds is 3. The van der Waals surface area contributed by atoms with E-state index in [0.717, 1.165) is 10.9 Å². The van der Waals surface area contributed by atoms with Gasteiger partial charge in [0.2, 0.25) is 0 Å². The van der Waals surface area contributed by atoms with Crippen molar-refractivity contribution in [2.75, 3.05) is 7.05 Å². The topological polar surface area (TPSA) is 79.9 Å². The number of nitrogens with one attached hydrogen (secondary N) is 2. The molecule has 0 aliphatic rings. The van der Waals surface area contributed by atoms with E-state index in [2.05, 4.69) is 20.3 Å². The molecule has 0 radical (unpaired) electrons. The predicted octanol–water partition coefficient (Wildman–Crippen LogP) is 2.84. The maximum absolute atomic E-state index is 11.6. The average molecular weight is 312 g/mol. The molecule has 7 heteroatoms. The Hall–Kier alpha value is -2.80. The minimum absolute atomic E-state index is 0.263. The first-order chi connectivity index (χ1) is 10.7. The molecule has 2 heterocycles. The molecule has 0 spiro atoms. The predicted molar refractivity (Wildman–Crippen MR) is 84.6 cm³/mol. The standard InChI is InChI=1S/C15H12N4O2S/c1-16-14(20)13-7-11(4-5-17-13)21-10-2-3-12-9(6-10)8-18-15(22)19-12/h2-8H,1H3,(H,16,20)(H,18,19,22). The molecule has 2 aromatic heterocycles. The van der Waals surface area contributed by atoms with Crippen molar-refractivity contribution in [3.05, 3.63) is 53.2 Å². The molecule has 6 nitrogen and oxygen atoms in total. The molecule has 0 saturated carbocycles. The third kappa shape index (κ3) is 2.94. The molecule has 0 aliphatic heterocycles. The molecule has 0 atom stereocenters. The Morgan fingerprint density at radius 2 is 2.05 bits per heavy atom. The zero-order valence-electron chi connectivity index (χ0n) is 11.7. The fourth-order valence-electron chi connectivity index (χ4n) is 1.96. The van der Waals surface area contributed by atoms with E-state index in [4.69, 9.17) is 17.0 Å². The van der Waals surface area contributed by atoms with Crippen LogP contribution in [-0.2, 0) is 0 Å². The highest BCUT2D eigenvalue weighted by atomic mass is 32.1. The molecule has 0 unspecified atom stereocenters. The van der Waals surface area contributed by atoms with Crippen LogP contribution in [0.4, 0.5) is 0 Å². The molecular formula is C15H12N4O2S. The Morgan fingerprint density at radius 1 is 1.23 bits per heavy atom. The highest BCUT2D eigenvalue weighted by Crippen LogP contribution is 2.24. The van der Waals surface area contributed by atoms with E-state index >= 15 is 0 Å². The second-order valence-corrected chi connectivity index (χ2v) is 4.88. The van der Waals surface area contributed by atoms with Crippen LogP contribution in [0.3, 0.4) is 0 Å². The number of carbonyl (C=O) groups is 1. The molecule has 1 aromatic carbocycles. The number of H-pyrrole nitrogens is 1. The molecule has 110 valence electrons. The van der Waals surface area contributed by atoms with Crippen molar-refractivity contribution in [3.63, 3.8) is 0 Å². The number of carbonyl (C=O) groups excluding carboxylic acids is 1. The van der Waals surface area contributed by atoms with Gasteiger partial charge in [-0.1, -0.05) is 0 Å². The van der Waals surface area contributed by atoms with Crippen LogP contribution >= 0.6 is 12.2 Å². The van der Waals surface area contributed by atoms with Crippen molar-refractivity contribution in [2.45, 2.75) is 0 Å². The zero-order valence-corrected chi connectivity index (χ0v) is 12.5. The SMILES string of the molecule is CNC(=O)c1cc(Oc2ccc3[nH]c(=S)ncc3c2)ccn1. The van der Waals surface area contributed by atoms with Crippen molar-refractivity contribution in [1.82, 2.24) is 20.3 Å². The summed E-state index contributed by atoms with van der Waals surface area (Å²) < 4.78 is 6.20. The van der Waals surface area contributed by atoms with Crippen LogP contribution in [0, 0.1) is 4.77 Å². The van der Waals surface area contributed by atoms with Crippen LogP contribution in [-0.4, -0.2) is 27.9 Å². The van der Waals surface area contributed by atoms with E-state index in [1.807, 2.05) is 18.2 Å². The van der Waals surface area contributed by atoms with Gasteiger partial charge in [0.05, 0.1) is 0 Å². The lowest BCUT2D eigenvalue weighted by Crippen LogP contribution is -2.18. The third-order valence-electron chi connectivity index (χ3n) is 3.01. The van der Waals surface area contributed by atoms with Crippen LogP contribution in [0.15, 0.2) is 42.7 Å². The monoisotopic (exact) mass is 312 g/mol. The lowest BCUT2D eigenvalue weighted by molar-refractivity contribution is 0.0958. The van der Waals surface area contributed by atoms with Gasteiger partial charge in [0.1, 0.15) is 17.2 Å². The van der Waals surface area contributed by atoms with Gasteiger partial charge in [0.25, 0.3) is 5.91 Å². The van der Waals surface area contributed by atoms with Crippen LogP contribution in [0.1, 0.15) is 10.5 Å². The first-order valence-electron chi connectivity index (χ1n) is 6.51. The van der Waals surface area contributed by atoms with E-state index in [-0.39, 0.29) is 5.91 Å². The van der Waals surface area contributed by atoms with E-state index < -0.39 is 0 Å². The lowest BCUT2D eigenvalue weighted by atomic mass is 10.2. The van der Waals surface area contributed by atoms with Gasteiger partial charge in [-0.2, -0.15) is 0 Å². The number of nitrogens with zero attached hydrogens (tertiary/aromatic N) is 2. The van der Waals surface area contributed by atoms with Crippen LogP contribution in [0.2, 0.25) is 0 Å². The Morgan fingerprint density at radius 3 is 2.86 bits per heavy atom. The minimum atomic E-state index is -0.263. The molecule has 2 N–H and O–H groups in total. The molecule has 0 aliphatic carbocycles. The van der Waals surface area contributed by atoms with Crippen molar-refractivity contribution in [1.29, 1.82) is 0 Å². The van der Waals surface area contributed by atoms with Crippen molar-refractivity contribution >= 4 is 29.0 Å². The molecule has 22 heavy (non-hydrogen) atoms. The number of benzene rings is 1. The number of fused-ring (bicyclic) bond motifs is 1. The summed E-state index contributed by atoms with van der Waals surface area (Å²) in [6.07, 6.45) is 3.21. The fraction of sp³-hybridized carbons (Fsp3) is 0.0667. The Balaban J connectivity index is 1.91. The molecular weight excluding hydrogens is 300 g/mol. The Bertz CT molecular complexity index is 907. The summed E-state index contributed by atoms with van der Waals surface area (Å²) in [4.78, 5) is 22.6. The first kappa shape index (κ1) is 14.2. The molecule has 0 fully saturated rings. The smallest absolute Gasteiger partial charge is 0.269 e. The summed E-state index contributed by atoms with van der Waals surface area (Å²) in [5.74, 6) is 0.902. The van der Waals surface area contributed by atoms with Gasteiger partial charge in [-0.05, 0) is 36.5 Å². The van der Waals surface area contributed by atoms with E-state index in [1.165, 1.54) is 6.20 Å². The van der Waals surface area contributed by atoms with Gasteiger partial charge >= 0.3 is 0 Å². The summed E-state index contributed by atoms with van der Waals surface area (Å²) in [6, 6.07) is 8.79. The minimum Gasteiger partial charge on any atom is -0.457 e. The van der Waals surface area contributed by atoms with Crippen LogP contribution in [0.25, 0.3) is 10.9 Å². The fourth-order valence-corrected chi connectivity index (χ4v) is 2.13. The van der Waals surface area contributed by atoms with Gasteiger partial charge in [-0.15, -0.1) is 0 Å². The number of aromatic amines is 1. The number of hydrogen-bond donors (Lipinski definition) is 2. The first-order valence-corrected chi connectivity index (χ1v) is 6.91. The molecule has 3 rings (SSSR count). The average Bonchev–Trinajstić information content (AvgIpc) is 2.54. The van der Waals surface area contributed by atoms with E-state index in [0.29, 0.717) is 22.0 Å². The number of amides is 1. The van der Waals surface area contributed by atoms with Crippen LogP contribution < -0.4 is 10.1 Å². The molecule has 3 aromatic rings. The summed E-state index contributed by atoms with van der Waals surface area (Å²) in [5, 5.41) is 3.40. The number of aromatic nitrogens is 3. The summed E-state index contributed by atoms with van der Waals surface area (Å²) in [6.45, 7) is 0. The summed E-state index contributed by atoms with van der Waals surface area (Å²) >= 11 is 4.98. The quantitative estimate of drug-likeness (QED) is 0.727. The van der Waals surface area contributed by atoms with Gasteiger partial charge in [-0.25, -0.2) is 4.98 Å². The normalized spacial score (nSPS) is 10.4. The lowest BCUT2D eigenvalue weighted by Gasteiger charge is -2.07. The second kappa shape index (κ2) is 5.90. The van der Waals surface area contributed by atoms with Gasteiger partial charge in [0, 0.05) is 36.4 Å². The number of pyridine rings is 1. The van der Waals surface area contributed by atoms with Gasteiger partial charge in [0.15, 0.2) is 4.77 Å². The van der Waals surface area contributed by atoms with Crippen molar-refractivity contribution in [2.24, 2.45) is 0 Å². The van der Waals surface area contributed by atoms with Crippen LogP contribution in [0.5, 0.6) is 11.5 Å². The Kier molecular flexibility index (Phi) is 3.80. The maximum Gasteiger partial charge on any atom is 0.269 e. The second-order valence-electron chi connectivity index (χ2n) is 4.50. The van der Waals surface area contributed by atoms with Gasteiger partial charge in [-0.3, -0.25) is 9.78 Å². The molecule has 0 bridgehead atoms. The Labute approximate surface area is 131 Å². The maximum atomic E-state index is 11.6. The zero-order chi connectivity index (χ0) is 15.5. The largest absolute Gasteiger partial charge is 0.457 e. The summed E-state index contributed by atoms with van der Waals surface area (Å²) in [5.41, 5.74) is 1.18.